The largest absolute Gasteiger partial charge is 0.394 e. The zero-order chi connectivity index (χ0) is 9.80. The third-order valence-corrected chi connectivity index (χ3v) is 1.82. The van der Waals surface area contributed by atoms with Gasteiger partial charge in [-0.3, -0.25) is 10.2 Å². The van der Waals surface area contributed by atoms with Crippen molar-refractivity contribution in [3.05, 3.63) is 48.2 Å². The van der Waals surface area contributed by atoms with Gasteiger partial charge in [-0.05, 0) is 23.4 Å². The second kappa shape index (κ2) is 3.93. The van der Waals surface area contributed by atoms with Crippen molar-refractivity contribution >= 4 is 5.91 Å². The van der Waals surface area contributed by atoms with Crippen molar-refractivity contribution in [2.45, 2.75) is 0 Å². The molecule has 0 aliphatic carbocycles. The molecule has 4 nitrogen and oxygen atoms in total. The van der Waals surface area contributed by atoms with Crippen LogP contribution in [0.4, 0.5) is 0 Å². The lowest BCUT2D eigenvalue weighted by atomic mass is 10.2. The van der Waals surface area contributed by atoms with Gasteiger partial charge in [-0.15, -0.1) is 0 Å². The highest BCUT2D eigenvalue weighted by Crippen LogP contribution is 2.01. The molecule has 4 heteroatoms. The summed E-state index contributed by atoms with van der Waals surface area (Å²) in [6.45, 7) is 0.568. The molecule has 0 saturated heterocycles. The van der Waals surface area contributed by atoms with E-state index in [4.69, 9.17) is 4.84 Å². The van der Waals surface area contributed by atoms with Gasteiger partial charge in [-0.25, -0.2) is 0 Å². The first-order valence-corrected chi connectivity index (χ1v) is 4.31. The molecule has 0 unspecified atom stereocenters. The Kier molecular flexibility index (Phi) is 2.46. The molecule has 1 aromatic carbocycles. The molecule has 72 valence electrons. The summed E-state index contributed by atoms with van der Waals surface area (Å²) in [7, 11) is 0. The summed E-state index contributed by atoms with van der Waals surface area (Å²) >= 11 is 0. The highest BCUT2D eigenvalue weighted by molar-refractivity contribution is 5.93. The van der Waals surface area contributed by atoms with Crippen molar-refractivity contribution in [3.8, 4) is 0 Å². The van der Waals surface area contributed by atoms with E-state index in [0.29, 0.717) is 12.1 Å². The average Bonchev–Trinajstić information content (AvgIpc) is 2.72. The van der Waals surface area contributed by atoms with E-state index in [-0.39, 0.29) is 5.91 Å². The van der Waals surface area contributed by atoms with Crippen LogP contribution in [0.25, 0.3) is 0 Å². The van der Waals surface area contributed by atoms with Crippen LogP contribution in [-0.2, 0) is 4.84 Å². The predicted molar refractivity (Wildman–Crippen MR) is 50.8 cm³/mol. The Labute approximate surface area is 81.7 Å². The molecule has 0 fully saturated rings. The van der Waals surface area contributed by atoms with Gasteiger partial charge in [-0.1, -0.05) is 18.2 Å². The van der Waals surface area contributed by atoms with Crippen LogP contribution in [0.1, 0.15) is 10.4 Å². The van der Waals surface area contributed by atoms with Crippen LogP contribution >= 0.6 is 0 Å². The smallest absolute Gasteiger partial charge is 0.268 e. The van der Waals surface area contributed by atoms with Gasteiger partial charge in [0, 0.05) is 5.56 Å². The number of carbonyl (C=O) groups is 1. The van der Waals surface area contributed by atoms with Crippen molar-refractivity contribution < 1.29 is 9.63 Å². The van der Waals surface area contributed by atoms with Crippen LogP contribution in [0.5, 0.6) is 0 Å². The van der Waals surface area contributed by atoms with Gasteiger partial charge in [0.2, 0.25) is 0 Å². The van der Waals surface area contributed by atoms with E-state index in [1.54, 1.807) is 12.1 Å². The molecule has 1 amide bonds. The van der Waals surface area contributed by atoms with Gasteiger partial charge in [-0.2, -0.15) is 0 Å². The maximum atomic E-state index is 11.5. The molecule has 1 N–H and O–H groups in total. The molecule has 1 aliphatic heterocycles. The molecule has 14 heavy (non-hydrogen) atoms. The topological polar surface area (TPSA) is 41.6 Å². The number of nitrogens with zero attached hydrogens (tertiary/aromatic N) is 1. The van der Waals surface area contributed by atoms with E-state index in [2.05, 4.69) is 5.43 Å². The quantitative estimate of drug-likeness (QED) is 0.759. The first kappa shape index (κ1) is 8.77. The van der Waals surface area contributed by atoms with E-state index in [1.165, 1.54) is 11.4 Å². The summed E-state index contributed by atoms with van der Waals surface area (Å²) < 4.78 is 0. The number of rotatable bonds is 2. The molecular weight excluding hydrogens is 180 g/mol. The van der Waals surface area contributed by atoms with E-state index < -0.39 is 0 Å². The number of hydrogen-bond acceptors (Lipinski definition) is 3. The lowest BCUT2D eigenvalue weighted by Crippen LogP contribution is -2.39. The van der Waals surface area contributed by atoms with Crippen LogP contribution in [-0.4, -0.2) is 17.6 Å². The fraction of sp³-hybridized carbons (Fsp3) is 0.100. The van der Waals surface area contributed by atoms with Crippen molar-refractivity contribution in [1.29, 1.82) is 0 Å². The fourth-order valence-corrected chi connectivity index (χ4v) is 1.14. The Hall–Kier alpha value is -1.81. The van der Waals surface area contributed by atoms with Gasteiger partial charge in [0.25, 0.3) is 5.91 Å². The molecule has 0 saturated carbocycles. The maximum absolute atomic E-state index is 11.5. The molecule has 2 rings (SSSR count). The number of nitrogens with one attached hydrogen (secondary N) is 1. The second-order valence-electron chi connectivity index (χ2n) is 2.85. The van der Waals surface area contributed by atoms with Gasteiger partial charge in [0.05, 0.1) is 6.54 Å². The molecule has 0 radical (unpaired) electrons. The second-order valence-corrected chi connectivity index (χ2v) is 2.85. The highest BCUT2D eigenvalue weighted by atomic mass is 16.7. The first-order valence-electron chi connectivity index (χ1n) is 4.31. The van der Waals surface area contributed by atoms with E-state index in [9.17, 15) is 4.79 Å². The molecule has 0 aromatic heterocycles. The predicted octanol–water partition coefficient (Wildman–Crippen LogP) is 1.09. The van der Waals surface area contributed by atoms with Crippen LogP contribution in [0.2, 0.25) is 0 Å². The third-order valence-electron chi connectivity index (χ3n) is 1.82. The SMILES string of the molecule is O=C(NN1CC=CO1)c1ccccc1. The van der Waals surface area contributed by atoms with E-state index in [0.717, 1.165) is 0 Å². The van der Waals surface area contributed by atoms with Crippen molar-refractivity contribution in [2.24, 2.45) is 0 Å². The minimum atomic E-state index is -0.172. The van der Waals surface area contributed by atoms with Crippen LogP contribution in [0.3, 0.4) is 0 Å². The molecule has 0 bridgehead atoms. The van der Waals surface area contributed by atoms with Crippen molar-refractivity contribution in [3.63, 3.8) is 0 Å². The normalized spacial score (nSPS) is 15.1. The zero-order valence-electron chi connectivity index (χ0n) is 7.51. The summed E-state index contributed by atoms with van der Waals surface area (Å²) in [4.78, 5) is 16.5. The Bertz CT molecular complexity index is 340. The number of hydrazine groups is 1. The monoisotopic (exact) mass is 190 g/mol. The van der Waals surface area contributed by atoms with E-state index >= 15 is 0 Å². The number of benzene rings is 1. The van der Waals surface area contributed by atoms with Gasteiger partial charge < -0.3 is 4.84 Å². The minimum Gasteiger partial charge on any atom is -0.394 e. The van der Waals surface area contributed by atoms with Crippen molar-refractivity contribution in [1.82, 2.24) is 10.6 Å². The molecule has 1 aromatic rings. The highest BCUT2D eigenvalue weighted by Gasteiger charge is 2.12. The Morgan fingerprint density at radius 1 is 1.36 bits per heavy atom. The Morgan fingerprint density at radius 3 is 2.79 bits per heavy atom. The lowest BCUT2D eigenvalue weighted by molar-refractivity contribution is -0.109. The van der Waals surface area contributed by atoms with Crippen LogP contribution < -0.4 is 5.43 Å². The maximum Gasteiger partial charge on any atom is 0.268 e. The van der Waals surface area contributed by atoms with Crippen LogP contribution in [0.15, 0.2) is 42.7 Å². The van der Waals surface area contributed by atoms with Gasteiger partial charge >= 0.3 is 0 Å². The molecule has 1 aliphatic rings. The Morgan fingerprint density at radius 2 is 2.14 bits per heavy atom. The fourth-order valence-electron chi connectivity index (χ4n) is 1.14. The summed E-state index contributed by atoms with van der Waals surface area (Å²) in [6.07, 6.45) is 3.34. The lowest BCUT2D eigenvalue weighted by Gasteiger charge is -2.14. The number of carbonyl (C=O) groups excluding carboxylic acids is 1. The number of hydroxylamine groups is 1. The minimum absolute atomic E-state index is 0.172. The summed E-state index contributed by atoms with van der Waals surface area (Å²) in [6, 6.07) is 9.00. The first-order chi connectivity index (χ1) is 6.86. The van der Waals surface area contributed by atoms with Crippen LogP contribution in [0, 0.1) is 0 Å². The summed E-state index contributed by atoms with van der Waals surface area (Å²) in [5, 5.41) is 1.37. The van der Waals surface area contributed by atoms with Gasteiger partial charge in [0.1, 0.15) is 6.26 Å². The van der Waals surface area contributed by atoms with Crippen molar-refractivity contribution in [2.75, 3.05) is 6.54 Å². The summed E-state index contributed by atoms with van der Waals surface area (Å²) in [5.41, 5.74) is 3.22. The molecular formula is C10H10N2O2. The zero-order valence-corrected chi connectivity index (χ0v) is 7.51. The average molecular weight is 190 g/mol. The Balaban J connectivity index is 1.96. The molecule has 0 spiro atoms. The van der Waals surface area contributed by atoms with Gasteiger partial charge in [0.15, 0.2) is 0 Å². The third kappa shape index (κ3) is 1.92. The number of amides is 1. The summed E-state index contributed by atoms with van der Waals surface area (Å²) in [5.74, 6) is -0.172. The van der Waals surface area contributed by atoms with E-state index in [1.807, 2.05) is 24.3 Å². The molecule has 0 atom stereocenters. The number of hydrogen-bond donors (Lipinski definition) is 1. The molecule has 1 heterocycles. The standard InChI is InChI=1S/C10H10N2O2/c13-10(9-5-2-1-3-6-9)11-12-7-4-8-14-12/h1-6,8H,7H2,(H,11,13).